The van der Waals surface area contributed by atoms with Gasteiger partial charge in [-0.2, -0.15) is 4.98 Å². The third-order valence-electron chi connectivity index (χ3n) is 1.87. The highest BCUT2D eigenvalue weighted by Crippen LogP contribution is 2.19. The van der Waals surface area contributed by atoms with Gasteiger partial charge in [0.25, 0.3) is 0 Å². The lowest BCUT2D eigenvalue weighted by Crippen LogP contribution is -2.09. The number of hydrogen-bond acceptors (Lipinski definition) is 5. The number of hydrogen-bond donors (Lipinski definition) is 2. The lowest BCUT2D eigenvalue weighted by molar-refractivity contribution is 0.685. The van der Waals surface area contributed by atoms with Crippen LogP contribution in [-0.4, -0.2) is 39.8 Å². The summed E-state index contributed by atoms with van der Waals surface area (Å²) in [6, 6.07) is 0. The third-order valence-corrected chi connectivity index (χ3v) is 3.31. The molecule has 5 nitrogen and oxygen atoms in total. The van der Waals surface area contributed by atoms with Crippen LogP contribution in [0, 0.1) is 0 Å². The second-order valence-electron chi connectivity index (χ2n) is 3.20. The Morgan fingerprint density at radius 1 is 1.56 bits per heavy atom. The SMILES string of the molecule is CNc1ncc(Br)c(NCCCS(C)=O)n1. The zero-order valence-corrected chi connectivity index (χ0v) is 11.7. The first kappa shape index (κ1) is 13.4. The van der Waals surface area contributed by atoms with Crippen LogP contribution in [0.5, 0.6) is 0 Å². The average Bonchev–Trinajstić information content (AvgIpc) is 2.26. The van der Waals surface area contributed by atoms with Crippen molar-refractivity contribution in [3.05, 3.63) is 10.7 Å². The lowest BCUT2D eigenvalue weighted by Gasteiger charge is -2.08. The van der Waals surface area contributed by atoms with Crippen molar-refractivity contribution in [2.24, 2.45) is 0 Å². The van der Waals surface area contributed by atoms with E-state index in [-0.39, 0.29) is 0 Å². The first-order valence-electron chi connectivity index (χ1n) is 4.87. The van der Waals surface area contributed by atoms with E-state index in [1.807, 2.05) is 0 Å². The van der Waals surface area contributed by atoms with E-state index in [2.05, 4.69) is 36.5 Å². The molecule has 0 aliphatic rings. The molecule has 1 heterocycles. The van der Waals surface area contributed by atoms with Crippen LogP contribution in [0.3, 0.4) is 0 Å². The summed E-state index contributed by atoms with van der Waals surface area (Å²) in [4.78, 5) is 8.31. The van der Waals surface area contributed by atoms with Crippen molar-refractivity contribution in [2.75, 3.05) is 36.2 Å². The molecule has 0 aliphatic carbocycles. The Labute approximate surface area is 106 Å². The Morgan fingerprint density at radius 3 is 2.94 bits per heavy atom. The molecule has 7 heteroatoms. The molecule has 1 unspecified atom stereocenters. The summed E-state index contributed by atoms with van der Waals surface area (Å²) < 4.78 is 11.7. The monoisotopic (exact) mass is 306 g/mol. The fourth-order valence-corrected chi connectivity index (χ4v) is 1.98. The van der Waals surface area contributed by atoms with Gasteiger partial charge in [-0.25, -0.2) is 4.98 Å². The molecule has 0 spiro atoms. The van der Waals surface area contributed by atoms with Crippen LogP contribution in [0.15, 0.2) is 10.7 Å². The van der Waals surface area contributed by atoms with E-state index in [9.17, 15) is 4.21 Å². The van der Waals surface area contributed by atoms with E-state index in [0.29, 0.717) is 11.7 Å². The summed E-state index contributed by atoms with van der Waals surface area (Å²) in [7, 11) is 1.04. The van der Waals surface area contributed by atoms with Crippen LogP contribution in [0.25, 0.3) is 0 Å². The average molecular weight is 307 g/mol. The van der Waals surface area contributed by atoms with E-state index in [0.717, 1.165) is 23.3 Å². The predicted molar refractivity (Wildman–Crippen MR) is 71.3 cm³/mol. The topological polar surface area (TPSA) is 66.9 Å². The summed E-state index contributed by atoms with van der Waals surface area (Å²) in [6.45, 7) is 0.748. The second-order valence-corrected chi connectivity index (χ2v) is 5.61. The van der Waals surface area contributed by atoms with Gasteiger partial charge >= 0.3 is 0 Å². The van der Waals surface area contributed by atoms with Gasteiger partial charge in [-0.05, 0) is 22.4 Å². The molecule has 0 aliphatic heterocycles. The number of aromatic nitrogens is 2. The van der Waals surface area contributed by atoms with Crippen molar-refractivity contribution < 1.29 is 4.21 Å². The lowest BCUT2D eigenvalue weighted by atomic mass is 10.4. The first-order valence-corrected chi connectivity index (χ1v) is 7.39. The highest BCUT2D eigenvalue weighted by atomic mass is 79.9. The van der Waals surface area contributed by atoms with Crippen LogP contribution in [0.4, 0.5) is 11.8 Å². The van der Waals surface area contributed by atoms with Crippen LogP contribution in [-0.2, 0) is 10.8 Å². The maximum atomic E-state index is 10.9. The van der Waals surface area contributed by atoms with Gasteiger partial charge in [-0.15, -0.1) is 0 Å². The largest absolute Gasteiger partial charge is 0.369 e. The van der Waals surface area contributed by atoms with Crippen molar-refractivity contribution in [1.82, 2.24) is 9.97 Å². The minimum atomic E-state index is -0.732. The second kappa shape index (κ2) is 6.80. The Hall–Kier alpha value is -0.690. The number of halogens is 1. The highest BCUT2D eigenvalue weighted by molar-refractivity contribution is 9.10. The molecule has 0 radical (unpaired) electrons. The Bertz CT molecular complexity index is 375. The Morgan fingerprint density at radius 2 is 2.31 bits per heavy atom. The molecule has 0 saturated carbocycles. The van der Waals surface area contributed by atoms with E-state index >= 15 is 0 Å². The highest BCUT2D eigenvalue weighted by Gasteiger charge is 2.03. The fourth-order valence-electron chi connectivity index (χ4n) is 1.09. The van der Waals surface area contributed by atoms with Crippen molar-refractivity contribution in [1.29, 1.82) is 0 Å². The molecule has 2 N–H and O–H groups in total. The number of rotatable bonds is 6. The van der Waals surface area contributed by atoms with Gasteiger partial charge in [0, 0.05) is 42.6 Å². The zero-order valence-electron chi connectivity index (χ0n) is 9.29. The van der Waals surface area contributed by atoms with Crippen molar-refractivity contribution in [3.63, 3.8) is 0 Å². The van der Waals surface area contributed by atoms with Crippen molar-refractivity contribution >= 4 is 38.5 Å². The van der Waals surface area contributed by atoms with Crippen LogP contribution < -0.4 is 10.6 Å². The van der Waals surface area contributed by atoms with E-state index in [1.165, 1.54) is 0 Å². The molecule has 0 saturated heterocycles. The number of nitrogens with zero attached hydrogens (tertiary/aromatic N) is 2. The standard InChI is InChI=1S/C9H15BrN4OS/c1-11-9-13-6-7(10)8(14-9)12-4-3-5-16(2)15/h6H,3-5H2,1-2H3,(H2,11,12,13,14). The number of anilines is 2. The Balaban J connectivity index is 2.49. The molecule has 1 rings (SSSR count). The number of nitrogens with one attached hydrogen (secondary N) is 2. The van der Waals surface area contributed by atoms with Crippen LogP contribution >= 0.6 is 15.9 Å². The van der Waals surface area contributed by atoms with Gasteiger partial charge < -0.3 is 10.6 Å². The minimum absolute atomic E-state index is 0.574. The summed E-state index contributed by atoms with van der Waals surface area (Å²) in [6.07, 6.45) is 4.26. The van der Waals surface area contributed by atoms with Gasteiger partial charge in [-0.3, -0.25) is 4.21 Å². The molecule has 0 fully saturated rings. The van der Waals surface area contributed by atoms with Crippen molar-refractivity contribution in [3.8, 4) is 0 Å². The van der Waals surface area contributed by atoms with Gasteiger partial charge in [-0.1, -0.05) is 0 Å². The van der Waals surface area contributed by atoms with E-state index < -0.39 is 10.8 Å². The third kappa shape index (κ3) is 4.44. The minimum Gasteiger partial charge on any atom is -0.369 e. The van der Waals surface area contributed by atoms with Gasteiger partial charge in [0.05, 0.1) is 4.47 Å². The predicted octanol–water partition coefficient (Wildman–Crippen LogP) is 1.46. The molecule has 90 valence electrons. The molecule has 1 aromatic rings. The Kier molecular flexibility index (Phi) is 5.68. The molecular weight excluding hydrogens is 292 g/mol. The smallest absolute Gasteiger partial charge is 0.224 e. The summed E-state index contributed by atoms with van der Waals surface area (Å²) in [5, 5.41) is 6.04. The zero-order chi connectivity index (χ0) is 12.0. The molecule has 16 heavy (non-hydrogen) atoms. The van der Waals surface area contributed by atoms with Gasteiger partial charge in [0.1, 0.15) is 5.82 Å². The van der Waals surface area contributed by atoms with Gasteiger partial charge in [0.15, 0.2) is 0 Å². The quantitative estimate of drug-likeness (QED) is 0.779. The van der Waals surface area contributed by atoms with Gasteiger partial charge in [0.2, 0.25) is 5.95 Å². The van der Waals surface area contributed by atoms with E-state index in [4.69, 9.17) is 0 Å². The summed E-state index contributed by atoms with van der Waals surface area (Å²) >= 11 is 3.37. The first-order chi connectivity index (χ1) is 7.63. The molecule has 1 aromatic heterocycles. The maximum absolute atomic E-state index is 10.9. The van der Waals surface area contributed by atoms with E-state index in [1.54, 1.807) is 19.5 Å². The summed E-state index contributed by atoms with van der Waals surface area (Å²) in [5.41, 5.74) is 0. The van der Waals surface area contributed by atoms with Crippen molar-refractivity contribution in [2.45, 2.75) is 6.42 Å². The molecule has 0 bridgehead atoms. The summed E-state index contributed by atoms with van der Waals surface area (Å²) in [5.74, 6) is 2.03. The molecule has 1 atom stereocenters. The van der Waals surface area contributed by atoms with Crippen LogP contribution in [0.2, 0.25) is 0 Å². The fraction of sp³-hybridized carbons (Fsp3) is 0.556. The van der Waals surface area contributed by atoms with Crippen LogP contribution in [0.1, 0.15) is 6.42 Å². The maximum Gasteiger partial charge on any atom is 0.224 e. The molecular formula is C9H15BrN4OS. The molecule has 0 amide bonds. The normalized spacial score (nSPS) is 12.2. The molecule has 0 aromatic carbocycles.